The van der Waals surface area contributed by atoms with Crippen molar-refractivity contribution in [2.24, 2.45) is 11.8 Å². The Bertz CT molecular complexity index is 169. The maximum atomic E-state index is 11.5. The number of hydrogen-bond donors (Lipinski definition) is 0. The summed E-state index contributed by atoms with van der Waals surface area (Å²) in [6.45, 7) is 0. The SMILES string of the molecule is O=C(CC1CCSCC1)C1CC1. The highest BCUT2D eigenvalue weighted by Gasteiger charge is 2.31. The minimum atomic E-state index is 0.486. The molecule has 1 heterocycles. The molecule has 1 aliphatic heterocycles. The van der Waals surface area contributed by atoms with Crippen molar-refractivity contribution in [1.82, 2.24) is 0 Å². The first-order valence-corrected chi connectivity index (χ1v) is 6.12. The summed E-state index contributed by atoms with van der Waals surface area (Å²) in [5.41, 5.74) is 0. The summed E-state index contributed by atoms with van der Waals surface area (Å²) < 4.78 is 0. The molecule has 1 aliphatic carbocycles. The van der Waals surface area contributed by atoms with E-state index in [1.54, 1.807) is 0 Å². The van der Waals surface area contributed by atoms with Crippen LogP contribution in [0, 0.1) is 11.8 Å². The maximum absolute atomic E-state index is 11.5. The van der Waals surface area contributed by atoms with Crippen molar-refractivity contribution >= 4 is 17.5 Å². The zero-order valence-electron chi connectivity index (χ0n) is 7.42. The molecule has 2 fully saturated rings. The highest BCUT2D eigenvalue weighted by molar-refractivity contribution is 7.99. The van der Waals surface area contributed by atoms with E-state index in [0.717, 1.165) is 12.3 Å². The van der Waals surface area contributed by atoms with Gasteiger partial charge in [-0.2, -0.15) is 11.8 Å². The van der Waals surface area contributed by atoms with Crippen LogP contribution >= 0.6 is 11.8 Å². The number of Topliss-reactive ketones (excluding diaryl/α,β-unsaturated/α-hetero) is 1. The molecule has 2 heteroatoms. The summed E-state index contributed by atoms with van der Waals surface area (Å²) in [5, 5.41) is 0. The van der Waals surface area contributed by atoms with Crippen molar-refractivity contribution in [2.75, 3.05) is 11.5 Å². The molecule has 0 unspecified atom stereocenters. The van der Waals surface area contributed by atoms with Crippen LogP contribution in [0.15, 0.2) is 0 Å². The van der Waals surface area contributed by atoms with Crippen LogP contribution in [0.2, 0.25) is 0 Å². The molecule has 1 saturated heterocycles. The molecule has 1 saturated carbocycles. The van der Waals surface area contributed by atoms with Gasteiger partial charge in [0.05, 0.1) is 0 Å². The van der Waals surface area contributed by atoms with Crippen LogP contribution < -0.4 is 0 Å². The maximum Gasteiger partial charge on any atom is 0.136 e. The van der Waals surface area contributed by atoms with Gasteiger partial charge in [0.1, 0.15) is 5.78 Å². The molecule has 2 aliphatic rings. The number of carbonyl (C=O) groups is 1. The van der Waals surface area contributed by atoms with Gasteiger partial charge in [-0.25, -0.2) is 0 Å². The van der Waals surface area contributed by atoms with Crippen LogP contribution in [0.5, 0.6) is 0 Å². The van der Waals surface area contributed by atoms with Crippen molar-refractivity contribution in [3.05, 3.63) is 0 Å². The fourth-order valence-corrected chi connectivity index (χ4v) is 3.01. The topological polar surface area (TPSA) is 17.1 Å². The average Bonchev–Trinajstić information content (AvgIpc) is 2.88. The molecule has 0 radical (unpaired) electrons. The van der Waals surface area contributed by atoms with Gasteiger partial charge in [0.25, 0.3) is 0 Å². The molecular weight excluding hydrogens is 168 g/mol. The van der Waals surface area contributed by atoms with Crippen molar-refractivity contribution in [1.29, 1.82) is 0 Å². The van der Waals surface area contributed by atoms with Crippen molar-refractivity contribution in [3.63, 3.8) is 0 Å². The van der Waals surface area contributed by atoms with Crippen molar-refractivity contribution < 1.29 is 4.79 Å². The van der Waals surface area contributed by atoms with E-state index in [9.17, 15) is 4.79 Å². The number of hydrogen-bond acceptors (Lipinski definition) is 2. The van der Waals surface area contributed by atoms with Gasteiger partial charge in [-0.05, 0) is 43.1 Å². The fourth-order valence-electron chi connectivity index (χ4n) is 1.81. The number of thioether (sulfide) groups is 1. The third kappa shape index (κ3) is 2.25. The van der Waals surface area contributed by atoms with E-state index in [-0.39, 0.29) is 0 Å². The predicted octanol–water partition coefficient (Wildman–Crippen LogP) is 2.50. The van der Waals surface area contributed by atoms with E-state index in [2.05, 4.69) is 0 Å². The minimum Gasteiger partial charge on any atom is -0.299 e. The highest BCUT2D eigenvalue weighted by atomic mass is 32.2. The fraction of sp³-hybridized carbons (Fsp3) is 0.900. The molecule has 0 aromatic carbocycles. The molecule has 0 bridgehead atoms. The molecule has 0 aromatic heterocycles. The third-order valence-corrected chi connectivity index (χ3v) is 3.91. The zero-order valence-corrected chi connectivity index (χ0v) is 8.24. The summed E-state index contributed by atoms with van der Waals surface area (Å²) in [6.07, 6.45) is 5.82. The zero-order chi connectivity index (χ0) is 8.39. The molecule has 1 nitrogen and oxygen atoms in total. The Morgan fingerprint density at radius 1 is 1.17 bits per heavy atom. The summed E-state index contributed by atoms with van der Waals surface area (Å²) >= 11 is 2.04. The first-order chi connectivity index (χ1) is 5.86. The molecule has 0 spiro atoms. The van der Waals surface area contributed by atoms with Crippen molar-refractivity contribution in [3.8, 4) is 0 Å². The van der Waals surface area contributed by atoms with Gasteiger partial charge < -0.3 is 0 Å². The van der Waals surface area contributed by atoms with Crippen LogP contribution in [0.1, 0.15) is 32.1 Å². The second-order valence-electron chi connectivity index (χ2n) is 4.00. The minimum absolute atomic E-state index is 0.486. The lowest BCUT2D eigenvalue weighted by Gasteiger charge is -2.20. The van der Waals surface area contributed by atoms with Crippen LogP contribution in [-0.2, 0) is 4.79 Å². The Labute approximate surface area is 78.3 Å². The van der Waals surface area contributed by atoms with E-state index in [0.29, 0.717) is 11.7 Å². The van der Waals surface area contributed by atoms with Crippen LogP contribution in [0.25, 0.3) is 0 Å². The second-order valence-corrected chi connectivity index (χ2v) is 5.23. The normalized spacial score (nSPS) is 25.7. The lowest BCUT2D eigenvalue weighted by atomic mass is 9.95. The van der Waals surface area contributed by atoms with E-state index < -0.39 is 0 Å². The number of rotatable bonds is 3. The smallest absolute Gasteiger partial charge is 0.136 e. The van der Waals surface area contributed by atoms with E-state index in [1.807, 2.05) is 11.8 Å². The van der Waals surface area contributed by atoms with Gasteiger partial charge in [-0.15, -0.1) is 0 Å². The van der Waals surface area contributed by atoms with Crippen LogP contribution in [-0.4, -0.2) is 17.3 Å². The van der Waals surface area contributed by atoms with Crippen molar-refractivity contribution in [2.45, 2.75) is 32.1 Å². The molecule has 0 atom stereocenters. The molecule has 2 rings (SSSR count). The molecule has 0 N–H and O–H groups in total. The predicted molar refractivity (Wildman–Crippen MR) is 52.4 cm³/mol. The Morgan fingerprint density at radius 3 is 2.42 bits per heavy atom. The lowest BCUT2D eigenvalue weighted by Crippen LogP contribution is -2.15. The monoisotopic (exact) mass is 184 g/mol. The lowest BCUT2D eigenvalue weighted by molar-refractivity contribution is -0.121. The standard InChI is InChI=1S/C10H16OS/c11-10(9-1-2-9)7-8-3-5-12-6-4-8/h8-9H,1-7H2. The molecular formula is C10H16OS. The Kier molecular flexibility index (Phi) is 2.74. The van der Waals surface area contributed by atoms with Gasteiger partial charge in [0.15, 0.2) is 0 Å². The summed E-state index contributed by atoms with van der Waals surface area (Å²) in [5.74, 6) is 4.34. The molecule has 0 aromatic rings. The second kappa shape index (κ2) is 3.82. The van der Waals surface area contributed by atoms with E-state index >= 15 is 0 Å². The third-order valence-electron chi connectivity index (χ3n) is 2.86. The largest absolute Gasteiger partial charge is 0.299 e. The van der Waals surface area contributed by atoms with Crippen LogP contribution in [0.3, 0.4) is 0 Å². The quantitative estimate of drug-likeness (QED) is 0.670. The highest BCUT2D eigenvalue weighted by Crippen LogP contribution is 2.34. The van der Waals surface area contributed by atoms with E-state index in [4.69, 9.17) is 0 Å². The van der Waals surface area contributed by atoms with Gasteiger partial charge in [0.2, 0.25) is 0 Å². The van der Waals surface area contributed by atoms with Gasteiger partial charge in [-0.3, -0.25) is 4.79 Å². The van der Waals surface area contributed by atoms with Gasteiger partial charge in [-0.1, -0.05) is 0 Å². The summed E-state index contributed by atoms with van der Waals surface area (Å²) in [7, 11) is 0. The summed E-state index contributed by atoms with van der Waals surface area (Å²) in [4.78, 5) is 11.5. The first-order valence-electron chi connectivity index (χ1n) is 4.96. The van der Waals surface area contributed by atoms with Gasteiger partial charge in [0, 0.05) is 12.3 Å². The van der Waals surface area contributed by atoms with Gasteiger partial charge >= 0.3 is 0 Å². The van der Waals surface area contributed by atoms with E-state index in [1.165, 1.54) is 37.2 Å². The first kappa shape index (κ1) is 8.61. The number of ketones is 1. The average molecular weight is 184 g/mol. The molecule has 0 amide bonds. The number of carbonyl (C=O) groups excluding carboxylic acids is 1. The Hall–Kier alpha value is 0.0200. The molecule has 12 heavy (non-hydrogen) atoms. The van der Waals surface area contributed by atoms with Crippen LogP contribution in [0.4, 0.5) is 0 Å². The molecule has 68 valence electrons. The summed E-state index contributed by atoms with van der Waals surface area (Å²) in [6, 6.07) is 0. The Morgan fingerprint density at radius 2 is 1.83 bits per heavy atom. The Balaban J connectivity index is 1.73.